The van der Waals surface area contributed by atoms with E-state index in [-0.39, 0.29) is 11.9 Å². The minimum Gasteiger partial charge on any atom is -0.348 e. The molecule has 1 aromatic heterocycles. The standard InChI is InChI=1S/C15H23N3OS/c1-11(14-3-2-8-20-14)16-15(19)10-18-7-6-12-4-5-13(9-18)17-12/h2-3,8,11-13,17H,4-7,9-10H2,1H3,(H,16,19). The van der Waals surface area contributed by atoms with Crippen LogP contribution in [0.5, 0.6) is 0 Å². The van der Waals surface area contributed by atoms with Gasteiger partial charge in [-0.25, -0.2) is 0 Å². The molecule has 2 bridgehead atoms. The van der Waals surface area contributed by atoms with Crippen molar-refractivity contribution in [3.63, 3.8) is 0 Å². The molecule has 0 aliphatic carbocycles. The van der Waals surface area contributed by atoms with Gasteiger partial charge >= 0.3 is 0 Å². The molecule has 20 heavy (non-hydrogen) atoms. The lowest BCUT2D eigenvalue weighted by Gasteiger charge is -2.24. The number of carbonyl (C=O) groups excluding carboxylic acids is 1. The summed E-state index contributed by atoms with van der Waals surface area (Å²) < 4.78 is 0. The lowest BCUT2D eigenvalue weighted by Crippen LogP contribution is -2.42. The van der Waals surface area contributed by atoms with Gasteiger partial charge in [-0.1, -0.05) is 6.07 Å². The number of amides is 1. The first-order valence-electron chi connectivity index (χ1n) is 7.52. The van der Waals surface area contributed by atoms with E-state index >= 15 is 0 Å². The van der Waals surface area contributed by atoms with Crippen LogP contribution in [0.15, 0.2) is 17.5 Å². The average molecular weight is 293 g/mol. The molecule has 0 radical (unpaired) electrons. The van der Waals surface area contributed by atoms with Crippen molar-refractivity contribution in [1.82, 2.24) is 15.5 Å². The number of hydrogen-bond donors (Lipinski definition) is 2. The van der Waals surface area contributed by atoms with E-state index in [0.29, 0.717) is 18.6 Å². The van der Waals surface area contributed by atoms with E-state index in [4.69, 9.17) is 0 Å². The third kappa shape index (κ3) is 3.40. The molecule has 3 rings (SSSR count). The van der Waals surface area contributed by atoms with Crippen molar-refractivity contribution in [3.8, 4) is 0 Å². The van der Waals surface area contributed by atoms with E-state index in [2.05, 4.69) is 33.9 Å². The minimum atomic E-state index is 0.115. The van der Waals surface area contributed by atoms with E-state index in [9.17, 15) is 4.79 Å². The highest BCUT2D eigenvalue weighted by molar-refractivity contribution is 7.10. The van der Waals surface area contributed by atoms with Gasteiger partial charge in [-0.2, -0.15) is 0 Å². The first-order chi connectivity index (χ1) is 9.70. The molecule has 2 aliphatic rings. The Labute approximate surface area is 124 Å². The first kappa shape index (κ1) is 14.0. The number of nitrogens with zero attached hydrogens (tertiary/aromatic N) is 1. The second-order valence-corrected chi connectivity index (χ2v) is 6.95. The van der Waals surface area contributed by atoms with Gasteiger partial charge < -0.3 is 10.6 Å². The van der Waals surface area contributed by atoms with Crippen molar-refractivity contribution in [2.45, 2.75) is 44.3 Å². The van der Waals surface area contributed by atoms with E-state index in [1.165, 1.54) is 24.1 Å². The fraction of sp³-hybridized carbons (Fsp3) is 0.667. The zero-order valence-electron chi connectivity index (χ0n) is 12.0. The molecule has 5 heteroatoms. The van der Waals surface area contributed by atoms with Crippen molar-refractivity contribution >= 4 is 17.2 Å². The van der Waals surface area contributed by atoms with Gasteiger partial charge in [0.25, 0.3) is 0 Å². The molecule has 0 spiro atoms. The lowest BCUT2D eigenvalue weighted by atomic mass is 10.1. The monoisotopic (exact) mass is 293 g/mol. The lowest BCUT2D eigenvalue weighted by molar-refractivity contribution is -0.122. The Morgan fingerprint density at radius 3 is 3.15 bits per heavy atom. The largest absolute Gasteiger partial charge is 0.348 e. The molecule has 2 fully saturated rings. The maximum atomic E-state index is 12.2. The van der Waals surface area contributed by atoms with Crippen LogP contribution in [0.3, 0.4) is 0 Å². The van der Waals surface area contributed by atoms with Gasteiger partial charge in [0, 0.05) is 30.1 Å². The van der Waals surface area contributed by atoms with Crippen LogP contribution in [0.2, 0.25) is 0 Å². The molecule has 3 unspecified atom stereocenters. The smallest absolute Gasteiger partial charge is 0.234 e. The van der Waals surface area contributed by atoms with Crippen molar-refractivity contribution in [3.05, 3.63) is 22.4 Å². The summed E-state index contributed by atoms with van der Waals surface area (Å²) in [7, 11) is 0. The molecule has 1 amide bonds. The second kappa shape index (κ2) is 6.24. The van der Waals surface area contributed by atoms with Gasteiger partial charge in [-0.3, -0.25) is 9.69 Å². The molecule has 0 saturated carbocycles. The van der Waals surface area contributed by atoms with E-state index in [1.807, 2.05) is 6.07 Å². The minimum absolute atomic E-state index is 0.115. The predicted octanol–water partition coefficient (Wildman–Crippen LogP) is 1.75. The van der Waals surface area contributed by atoms with E-state index in [1.54, 1.807) is 11.3 Å². The predicted molar refractivity (Wildman–Crippen MR) is 81.9 cm³/mol. The van der Waals surface area contributed by atoms with Crippen molar-refractivity contribution in [1.29, 1.82) is 0 Å². The highest BCUT2D eigenvalue weighted by Gasteiger charge is 2.29. The summed E-state index contributed by atoms with van der Waals surface area (Å²) in [5, 5.41) is 8.80. The average Bonchev–Trinajstić information content (AvgIpc) is 3.02. The zero-order chi connectivity index (χ0) is 13.9. The van der Waals surface area contributed by atoms with E-state index < -0.39 is 0 Å². The summed E-state index contributed by atoms with van der Waals surface area (Å²) in [5.74, 6) is 0.142. The van der Waals surface area contributed by atoms with Crippen LogP contribution in [0.1, 0.15) is 37.1 Å². The zero-order valence-corrected chi connectivity index (χ0v) is 12.8. The molecule has 1 aromatic rings. The number of hydrogen-bond acceptors (Lipinski definition) is 4. The van der Waals surface area contributed by atoms with Crippen LogP contribution in [0, 0.1) is 0 Å². The number of thiophene rings is 1. The fourth-order valence-corrected chi connectivity index (χ4v) is 3.99. The normalized spacial score (nSPS) is 28.1. The van der Waals surface area contributed by atoms with Crippen LogP contribution < -0.4 is 10.6 Å². The Hall–Kier alpha value is -0.910. The maximum Gasteiger partial charge on any atom is 0.234 e. The number of likely N-dealkylation sites (tertiary alicyclic amines) is 1. The van der Waals surface area contributed by atoms with Gasteiger partial charge in [0.15, 0.2) is 0 Å². The van der Waals surface area contributed by atoms with Gasteiger partial charge in [0.05, 0.1) is 12.6 Å². The van der Waals surface area contributed by atoms with Gasteiger partial charge in [-0.15, -0.1) is 11.3 Å². The Bertz CT molecular complexity index is 448. The molecular formula is C15H23N3OS. The van der Waals surface area contributed by atoms with Gasteiger partial charge in [-0.05, 0) is 37.6 Å². The summed E-state index contributed by atoms with van der Waals surface area (Å²) in [5.41, 5.74) is 0. The molecule has 110 valence electrons. The molecule has 3 heterocycles. The van der Waals surface area contributed by atoms with Gasteiger partial charge in [0.2, 0.25) is 5.91 Å². The molecule has 4 nitrogen and oxygen atoms in total. The molecule has 2 aliphatic heterocycles. The summed E-state index contributed by atoms with van der Waals surface area (Å²) in [4.78, 5) is 15.7. The quantitative estimate of drug-likeness (QED) is 0.889. The molecule has 2 N–H and O–H groups in total. The van der Waals surface area contributed by atoms with E-state index in [0.717, 1.165) is 13.1 Å². The highest BCUT2D eigenvalue weighted by atomic mass is 32.1. The number of carbonyl (C=O) groups is 1. The van der Waals surface area contributed by atoms with Crippen molar-refractivity contribution < 1.29 is 4.79 Å². The first-order valence-corrected chi connectivity index (χ1v) is 8.40. The van der Waals surface area contributed by atoms with Crippen LogP contribution in [-0.4, -0.2) is 42.5 Å². The SMILES string of the molecule is CC(NC(=O)CN1CCC2CCC(C1)N2)c1cccs1. The molecule has 2 saturated heterocycles. The second-order valence-electron chi connectivity index (χ2n) is 5.97. The van der Waals surface area contributed by atoms with Gasteiger partial charge in [0.1, 0.15) is 0 Å². The molecular weight excluding hydrogens is 270 g/mol. The van der Waals surface area contributed by atoms with Crippen LogP contribution >= 0.6 is 11.3 Å². The molecule has 3 atom stereocenters. The Morgan fingerprint density at radius 2 is 2.35 bits per heavy atom. The van der Waals surface area contributed by atoms with Crippen LogP contribution in [-0.2, 0) is 4.79 Å². The summed E-state index contributed by atoms with van der Waals surface area (Å²) in [6.07, 6.45) is 3.73. The Balaban J connectivity index is 1.49. The van der Waals surface area contributed by atoms with Crippen LogP contribution in [0.4, 0.5) is 0 Å². The van der Waals surface area contributed by atoms with Crippen molar-refractivity contribution in [2.75, 3.05) is 19.6 Å². The van der Waals surface area contributed by atoms with Crippen LogP contribution in [0.25, 0.3) is 0 Å². The fourth-order valence-electron chi connectivity index (χ4n) is 3.26. The summed E-state index contributed by atoms with van der Waals surface area (Å²) in [6, 6.07) is 5.48. The summed E-state index contributed by atoms with van der Waals surface area (Å²) in [6.45, 7) is 4.63. The topological polar surface area (TPSA) is 44.4 Å². The number of fused-ring (bicyclic) bond motifs is 2. The third-order valence-electron chi connectivity index (χ3n) is 4.32. The highest BCUT2D eigenvalue weighted by Crippen LogP contribution is 2.21. The third-order valence-corrected chi connectivity index (χ3v) is 5.38. The Kier molecular flexibility index (Phi) is 4.38. The maximum absolute atomic E-state index is 12.2. The number of rotatable bonds is 4. The Morgan fingerprint density at radius 1 is 1.50 bits per heavy atom. The molecule has 0 aromatic carbocycles. The number of nitrogens with one attached hydrogen (secondary N) is 2. The van der Waals surface area contributed by atoms with Crippen molar-refractivity contribution in [2.24, 2.45) is 0 Å². The summed E-state index contributed by atoms with van der Waals surface area (Å²) >= 11 is 1.69.